The van der Waals surface area contributed by atoms with E-state index in [-0.39, 0.29) is 18.0 Å². The Morgan fingerprint density at radius 3 is 2.04 bits per heavy atom. The number of halogens is 3. The molecule has 0 aliphatic rings. The van der Waals surface area contributed by atoms with Crippen molar-refractivity contribution in [3.63, 3.8) is 0 Å². The molecule has 1 aromatic carbocycles. The molecule has 0 fully saturated rings. The maximum atomic E-state index is 12.7. The minimum atomic E-state index is -4.36. The lowest BCUT2D eigenvalue weighted by atomic mass is 10.0. The minimum absolute atomic E-state index is 0.112. The molecule has 0 heterocycles. The van der Waals surface area contributed by atoms with Crippen LogP contribution in [0.2, 0.25) is 0 Å². The highest BCUT2D eigenvalue weighted by Crippen LogP contribution is 2.23. The Balaban J connectivity index is 3.00. The smallest absolute Gasteiger partial charge is 0.390 e. The van der Waals surface area contributed by atoms with Crippen molar-refractivity contribution in [3.8, 4) is 11.5 Å². The molecule has 0 aliphatic carbocycles. The van der Waals surface area contributed by atoms with E-state index in [2.05, 4.69) is 5.32 Å². The summed E-state index contributed by atoms with van der Waals surface area (Å²) in [5, 5.41) is 2.62. The van der Waals surface area contributed by atoms with E-state index in [0.29, 0.717) is 11.5 Å². The molecule has 0 radical (unpaired) electrons. The number of amides is 2. The lowest BCUT2D eigenvalue weighted by Crippen LogP contribution is -2.51. The average Bonchev–Trinajstić information content (AvgIpc) is 2.64. The van der Waals surface area contributed by atoms with Crippen molar-refractivity contribution in [2.24, 2.45) is 5.92 Å². The zero-order chi connectivity index (χ0) is 21.5. The van der Waals surface area contributed by atoms with Crippen LogP contribution in [-0.2, 0) is 4.79 Å². The molecule has 1 N–H and O–H groups in total. The summed E-state index contributed by atoms with van der Waals surface area (Å²) in [6.07, 6.45) is -5.46. The Bertz CT molecular complexity index is 655. The van der Waals surface area contributed by atoms with E-state index in [1.54, 1.807) is 26.8 Å². The standard InChI is InChI=1S/C19H27F3N2O4/c1-6-24(8-7-19(20,21)22)18(26)16(12(2)3)23-17(25)13-9-14(27-4)11-15(10-13)28-5/h9-12,16H,6-8H2,1-5H3,(H,23,25)/t16-/m1/s1. The van der Waals surface area contributed by atoms with Gasteiger partial charge in [-0.1, -0.05) is 13.8 Å². The molecule has 9 heteroatoms. The van der Waals surface area contributed by atoms with Crippen molar-refractivity contribution in [1.82, 2.24) is 10.2 Å². The van der Waals surface area contributed by atoms with Gasteiger partial charge in [-0.3, -0.25) is 9.59 Å². The topological polar surface area (TPSA) is 67.9 Å². The van der Waals surface area contributed by atoms with Crippen LogP contribution in [0.1, 0.15) is 37.6 Å². The van der Waals surface area contributed by atoms with E-state index in [1.807, 2.05) is 0 Å². The predicted octanol–water partition coefficient (Wildman–Crippen LogP) is 3.26. The minimum Gasteiger partial charge on any atom is -0.497 e. The maximum Gasteiger partial charge on any atom is 0.390 e. The number of rotatable bonds is 9. The fraction of sp³-hybridized carbons (Fsp3) is 0.579. The summed E-state index contributed by atoms with van der Waals surface area (Å²) in [5.41, 5.74) is 0.216. The van der Waals surface area contributed by atoms with Gasteiger partial charge in [-0.15, -0.1) is 0 Å². The van der Waals surface area contributed by atoms with Gasteiger partial charge in [0.05, 0.1) is 20.6 Å². The summed E-state index contributed by atoms with van der Waals surface area (Å²) >= 11 is 0. The lowest BCUT2D eigenvalue weighted by Gasteiger charge is -2.29. The van der Waals surface area contributed by atoms with E-state index in [4.69, 9.17) is 9.47 Å². The molecule has 0 unspecified atom stereocenters. The van der Waals surface area contributed by atoms with Gasteiger partial charge in [0.1, 0.15) is 17.5 Å². The number of carbonyl (C=O) groups excluding carboxylic acids is 2. The van der Waals surface area contributed by atoms with Crippen molar-refractivity contribution >= 4 is 11.8 Å². The van der Waals surface area contributed by atoms with E-state index in [0.717, 1.165) is 4.90 Å². The van der Waals surface area contributed by atoms with Crippen LogP contribution < -0.4 is 14.8 Å². The zero-order valence-electron chi connectivity index (χ0n) is 16.7. The van der Waals surface area contributed by atoms with Crippen molar-refractivity contribution in [1.29, 1.82) is 0 Å². The molecule has 6 nitrogen and oxygen atoms in total. The second-order valence-electron chi connectivity index (χ2n) is 6.58. The molecule has 28 heavy (non-hydrogen) atoms. The number of carbonyl (C=O) groups is 2. The number of hydrogen-bond donors (Lipinski definition) is 1. The third-order valence-electron chi connectivity index (χ3n) is 4.19. The molecule has 0 aromatic heterocycles. The molecule has 1 atom stereocenters. The second kappa shape index (κ2) is 10.2. The van der Waals surface area contributed by atoms with Crippen LogP contribution in [0.4, 0.5) is 13.2 Å². The van der Waals surface area contributed by atoms with Crippen molar-refractivity contribution in [3.05, 3.63) is 23.8 Å². The second-order valence-corrected chi connectivity index (χ2v) is 6.58. The quantitative estimate of drug-likeness (QED) is 0.686. The number of likely N-dealkylation sites (N-methyl/N-ethyl adjacent to an activating group) is 1. The first-order valence-electron chi connectivity index (χ1n) is 8.91. The molecular weight excluding hydrogens is 377 g/mol. The first kappa shape index (κ1) is 23.6. The fourth-order valence-electron chi connectivity index (χ4n) is 2.56. The van der Waals surface area contributed by atoms with Gasteiger partial charge in [-0.05, 0) is 25.0 Å². The normalized spacial score (nSPS) is 12.5. The Labute approximate surface area is 163 Å². The Morgan fingerprint density at radius 2 is 1.64 bits per heavy atom. The number of alkyl halides is 3. The predicted molar refractivity (Wildman–Crippen MR) is 98.6 cm³/mol. The highest BCUT2D eigenvalue weighted by molar-refractivity contribution is 5.98. The number of benzene rings is 1. The molecule has 2 amide bonds. The van der Waals surface area contributed by atoms with E-state index < -0.39 is 37.0 Å². The zero-order valence-corrected chi connectivity index (χ0v) is 16.7. The van der Waals surface area contributed by atoms with Gasteiger partial charge >= 0.3 is 6.18 Å². The number of ether oxygens (including phenoxy) is 2. The summed E-state index contributed by atoms with van der Waals surface area (Å²) < 4.78 is 47.8. The van der Waals surface area contributed by atoms with Crippen molar-refractivity contribution < 1.29 is 32.2 Å². The average molecular weight is 404 g/mol. The van der Waals surface area contributed by atoms with Gasteiger partial charge in [0.25, 0.3) is 5.91 Å². The summed E-state index contributed by atoms with van der Waals surface area (Å²) in [4.78, 5) is 26.5. The molecule has 1 aromatic rings. The highest BCUT2D eigenvalue weighted by atomic mass is 19.4. The Hall–Kier alpha value is -2.45. The van der Waals surface area contributed by atoms with Gasteiger partial charge in [0.2, 0.25) is 5.91 Å². The van der Waals surface area contributed by atoms with Crippen LogP contribution in [0.5, 0.6) is 11.5 Å². The van der Waals surface area contributed by atoms with Crippen molar-refractivity contribution in [2.45, 2.75) is 39.4 Å². The van der Waals surface area contributed by atoms with Gasteiger partial charge < -0.3 is 19.7 Å². The summed E-state index contributed by atoms with van der Waals surface area (Å²) in [5.74, 6) is -0.612. The molecular formula is C19H27F3N2O4. The van der Waals surface area contributed by atoms with Crippen LogP contribution in [0.25, 0.3) is 0 Å². The molecule has 0 saturated carbocycles. The first-order valence-corrected chi connectivity index (χ1v) is 8.91. The van der Waals surface area contributed by atoms with Crippen LogP contribution in [-0.4, -0.2) is 56.2 Å². The first-order chi connectivity index (χ1) is 13.0. The molecule has 0 bridgehead atoms. The van der Waals surface area contributed by atoms with E-state index in [1.165, 1.54) is 26.4 Å². The Morgan fingerprint density at radius 1 is 1.11 bits per heavy atom. The number of methoxy groups -OCH3 is 2. The number of hydrogen-bond acceptors (Lipinski definition) is 4. The van der Waals surface area contributed by atoms with Gasteiger partial charge in [0, 0.05) is 24.7 Å². The molecule has 0 saturated heterocycles. The molecule has 0 spiro atoms. The van der Waals surface area contributed by atoms with Crippen molar-refractivity contribution in [2.75, 3.05) is 27.3 Å². The largest absolute Gasteiger partial charge is 0.497 e. The third-order valence-corrected chi connectivity index (χ3v) is 4.19. The van der Waals surface area contributed by atoms with Crippen LogP contribution in [0.15, 0.2) is 18.2 Å². The SMILES string of the molecule is CCN(CCC(F)(F)F)C(=O)[C@H](NC(=O)c1cc(OC)cc(OC)c1)C(C)C. The number of nitrogens with zero attached hydrogens (tertiary/aromatic N) is 1. The van der Waals surface area contributed by atoms with Crippen LogP contribution in [0.3, 0.4) is 0 Å². The summed E-state index contributed by atoms with van der Waals surface area (Å²) in [6.45, 7) is 4.69. The highest BCUT2D eigenvalue weighted by Gasteiger charge is 2.32. The van der Waals surface area contributed by atoms with E-state index >= 15 is 0 Å². The molecule has 1 rings (SSSR count). The monoisotopic (exact) mass is 404 g/mol. The van der Waals surface area contributed by atoms with Gasteiger partial charge in [0.15, 0.2) is 0 Å². The van der Waals surface area contributed by atoms with Crippen LogP contribution >= 0.6 is 0 Å². The maximum absolute atomic E-state index is 12.7. The third kappa shape index (κ3) is 6.94. The number of nitrogens with one attached hydrogen (secondary N) is 1. The lowest BCUT2D eigenvalue weighted by molar-refractivity contribution is -0.146. The van der Waals surface area contributed by atoms with Gasteiger partial charge in [-0.2, -0.15) is 13.2 Å². The molecule has 0 aliphatic heterocycles. The summed E-state index contributed by atoms with van der Waals surface area (Å²) in [6, 6.07) is 3.61. The van der Waals surface area contributed by atoms with Gasteiger partial charge in [-0.25, -0.2) is 0 Å². The Kier molecular flexibility index (Phi) is 8.59. The fourth-order valence-corrected chi connectivity index (χ4v) is 2.56. The van der Waals surface area contributed by atoms with Crippen LogP contribution in [0, 0.1) is 5.92 Å². The molecule has 158 valence electrons. The summed E-state index contributed by atoms with van der Waals surface area (Å²) in [7, 11) is 2.88. The van der Waals surface area contributed by atoms with E-state index in [9.17, 15) is 22.8 Å².